The smallest absolute Gasteiger partial charge is 0.337 e. The fourth-order valence-electron chi connectivity index (χ4n) is 4.62. The molecule has 1 saturated carbocycles. The molecule has 6 heteroatoms. The van der Waals surface area contributed by atoms with Crippen molar-refractivity contribution in [1.82, 2.24) is 10.0 Å². The highest BCUT2D eigenvalue weighted by molar-refractivity contribution is 5.89. The maximum absolute atomic E-state index is 12.3. The van der Waals surface area contributed by atoms with Crippen LogP contribution in [0.1, 0.15) is 67.8 Å². The molecule has 29 heavy (non-hydrogen) atoms. The number of rotatable bonds is 10. The molecule has 2 fully saturated rings. The first-order chi connectivity index (χ1) is 14.0. The van der Waals surface area contributed by atoms with Crippen LogP contribution in [0.4, 0.5) is 0 Å². The number of hydrogen-bond acceptors (Lipinski definition) is 5. The van der Waals surface area contributed by atoms with Crippen molar-refractivity contribution >= 4 is 11.9 Å². The minimum atomic E-state index is -0.341. The molecule has 1 aliphatic carbocycles. The zero-order valence-corrected chi connectivity index (χ0v) is 17.7. The predicted molar refractivity (Wildman–Crippen MR) is 111 cm³/mol. The highest BCUT2D eigenvalue weighted by Gasteiger charge is 2.41. The van der Waals surface area contributed by atoms with Gasteiger partial charge >= 0.3 is 5.97 Å². The standard InChI is InChI=1S/C23H34N2O4/c1-3-23(13-5-14-23)20(26)6-4-15-24-16-12-21(27)25(24)17-11-18-7-9-19(10-8-18)22(28)29-2/h7-10,20,26H,3-6,11-17H2,1-2H3. The lowest BCUT2D eigenvalue weighted by Crippen LogP contribution is -2.43. The first kappa shape index (κ1) is 21.8. The van der Waals surface area contributed by atoms with E-state index in [-0.39, 0.29) is 23.4 Å². The molecule has 160 valence electrons. The van der Waals surface area contributed by atoms with E-state index in [4.69, 9.17) is 4.74 Å². The number of carbonyl (C=O) groups excluding carboxylic acids is 2. The number of nitrogens with zero attached hydrogens (tertiary/aromatic N) is 2. The SMILES string of the molecule is CCC1(C(O)CCCN2CCC(=O)N2CCc2ccc(C(=O)OC)cc2)CCC1. The molecule has 0 radical (unpaired) electrons. The van der Waals surface area contributed by atoms with E-state index in [1.807, 2.05) is 17.1 Å². The predicted octanol–water partition coefficient (Wildman–Crippen LogP) is 3.19. The molecule has 1 saturated heterocycles. The maximum Gasteiger partial charge on any atom is 0.337 e. The molecule has 1 heterocycles. The van der Waals surface area contributed by atoms with Crippen LogP contribution in [0.3, 0.4) is 0 Å². The van der Waals surface area contributed by atoms with Crippen molar-refractivity contribution in [3.63, 3.8) is 0 Å². The molecule has 0 spiro atoms. The molecular formula is C23H34N2O4. The number of esters is 1. The molecule has 1 N–H and O–H groups in total. The Morgan fingerprint density at radius 3 is 2.55 bits per heavy atom. The fraction of sp³-hybridized carbons (Fsp3) is 0.652. The lowest BCUT2D eigenvalue weighted by molar-refractivity contribution is -0.138. The Labute approximate surface area is 173 Å². The average molecular weight is 403 g/mol. The fourth-order valence-corrected chi connectivity index (χ4v) is 4.62. The van der Waals surface area contributed by atoms with Gasteiger partial charge in [-0.25, -0.2) is 9.80 Å². The lowest BCUT2D eigenvalue weighted by atomic mass is 9.62. The van der Waals surface area contributed by atoms with Crippen LogP contribution >= 0.6 is 0 Å². The largest absolute Gasteiger partial charge is 0.465 e. The van der Waals surface area contributed by atoms with Crippen LogP contribution in [0, 0.1) is 5.41 Å². The Morgan fingerprint density at radius 1 is 1.24 bits per heavy atom. The number of benzene rings is 1. The molecular weight excluding hydrogens is 368 g/mol. The number of aliphatic hydroxyl groups is 1. The molecule has 1 aliphatic heterocycles. The Hall–Kier alpha value is -1.92. The summed E-state index contributed by atoms with van der Waals surface area (Å²) >= 11 is 0. The summed E-state index contributed by atoms with van der Waals surface area (Å²) in [4.78, 5) is 23.9. The molecule has 6 nitrogen and oxygen atoms in total. The number of carbonyl (C=O) groups is 2. The number of hydrogen-bond donors (Lipinski definition) is 1. The minimum absolute atomic E-state index is 0.150. The van der Waals surface area contributed by atoms with Crippen LogP contribution < -0.4 is 0 Å². The van der Waals surface area contributed by atoms with Crippen LogP contribution in [0.15, 0.2) is 24.3 Å². The second-order valence-corrected chi connectivity index (χ2v) is 8.39. The highest BCUT2D eigenvalue weighted by Crippen LogP contribution is 2.47. The third-order valence-corrected chi connectivity index (χ3v) is 6.85. The quantitative estimate of drug-likeness (QED) is 0.609. The summed E-state index contributed by atoms with van der Waals surface area (Å²) in [6, 6.07) is 7.35. The van der Waals surface area contributed by atoms with Gasteiger partial charge in [0.05, 0.1) is 18.8 Å². The number of aliphatic hydroxyl groups excluding tert-OH is 1. The number of ether oxygens (including phenoxy) is 1. The van der Waals surface area contributed by atoms with E-state index < -0.39 is 0 Å². The normalized spacial score (nSPS) is 19.8. The van der Waals surface area contributed by atoms with Gasteiger partial charge in [-0.3, -0.25) is 9.80 Å². The summed E-state index contributed by atoms with van der Waals surface area (Å²) in [7, 11) is 1.37. The van der Waals surface area contributed by atoms with Crippen molar-refractivity contribution in [3.05, 3.63) is 35.4 Å². The summed E-state index contributed by atoms with van der Waals surface area (Å²) in [5, 5.41) is 14.6. The van der Waals surface area contributed by atoms with Crippen LogP contribution in [-0.4, -0.2) is 59.8 Å². The number of methoxy groups -OCH3 is 1. The molecule has 1 atom stereocenters. The third kappa shape index (κ3) is 4.98. The summed E-state index contributed by atoms with van der Waals surface area (Å²) in [5.41, 5.74) is 1.77. The van der Waals surface area contributed by atoms with Gasteiger partial charge < -0.3 is 9.84 Å². The maximum atomic E-state index is 12.3. The van der Waals surface area contributed by atoms with E-state index in [9.17, 15) is 14.7 Å². The van der Waals surface area contributed by atoms with Crippen LogP contribution in [-0.2, 0) is 16.0 Å². The van der Waals surface area contributed by atoms with E-state index in [1.165, 1.54) is 13.5 Å². The lowest BCUT2D eigenvalue weighted by Gasteiger charge is -2.45. The second kappa shape index (κ2) is 9.72. The highest BCUT2D eigenvalue weighted by atomic mass is 16.5. The molecule has 1 aromatic rings. The van der Waals surface area contributed by atoms with E-state index >= 15 is 0 Å². The zero-order valence-electron chi connectivity index (χ0n) is 17.7. The monoisotopic (exact) mass is 402 g/mol. The summed E-state index contributed by atoms with van der Waals surface area (Å²) in [6.07, 6.45) is 7.37. The van der Waals surface area contributed by atoms with Gasteiger partial charge in [0.1, 0.15) is 0 Å². The van der Waals surface area contributed by atoms with Crippen LogP contribution in [0.25, 0.3) is 0 Å². The summed E-state index contributed by atoms with van der Waals surface area (Å²) in [6.45, 7) is 4.39. The topological polar surface area (TPSA) is 70.1 Å². The van der Waals surface area contributed by atoms with E-state index in [0.717, 1.165) is 57.2 Å². The van der Waals surface area contributed by atoms with Gasteiger partial charge in [-0.2, -0.15) is 0 Å². The molecule has 2 aliphatic rings. The second-order valence-electron chi connectivity index (χ2n) is 8.39. The van der Waals surface area contributed by atoms with Crippen molar-refractivity contribution in [2.75, 3.05) is 26.7 Å². The van der Waals surface area contributed by atoms with Gasteiger partial charge in [0.25, 0.3) is 0 Å². The van der Waals surface area contributed by atoms with Gasteiger partial charge in [0.2, 0.25) is 5.91 Å². The Bertz CT molecular complexity index is 694. The van der Waals surface area contributed by atoms with Gasteiger partial charge in [-0.15, -0.1) is 0 Å². The number of amides is 1. The van der Waals surface area contributed by atoms with Gasteiger partial charge in [-0.1, -0.05) is 25.5 Å². The first-order valence-corrected chi connectivity index (χ1v) is 10.9. The Kier molecular flexibility index (Phi) is 7.30. The zero-order chi connectivity index (χ0) is 20.9. The van der Waals surface area contributed by atoms with E-state index in [0.29, 0.717) is 18.5 Å². The van der Waals surface area contributed by atoms with Gasteiger partial charge in [-0.05, 0) is 61.6 Å². The van der Waals surface area contributed by atoms with Crippen molar-refractivity contribution in [2.24, 2.45) is 5.41 Å². The van der Waals surface area contributed by atoms with Gasteiger partial charge in [0.15, 0.2) is 0 Å². The molecule has 0 aromatic heterocycles. The van der Waals surface area contributed by atoms with Crippen LogP contribution in [0.5, 0.6) is 0 Å². The first-order valence-electron chi connectivity index (χ1n) is 10.9. The molecule has 3 rings (SSSR count). The van der Waals surface area contributed by atoms with Crippen molar-refractivity contribution in [1.29, 1.82) is 0 Å². The minimum Gasteiger partial charge on any atom is -0.465 e. The Balaban J connectivity index is 1.47. The summed E-state index contributed by atoms with van der Waals surface area (Å²) in [5.74, 6) is -0.174. The molecule has 0 bridgehead atoms. The number of hydrazine groups is 1. The average Bonchev–Trinajstić information content (AvgIpc) is 3.05. The van der Waals surface area contributed by atoms with E-state index in [2.05, 4.69) is 11.9 Å². The van der Waals surface area contributed by atoms with E-state index in [1.54, 1.807) is 12.1 Å². The van der Waals surface area contributed by atoms with Crippen LogP contribution in [0.2, 0.25) is 0 Å². The van der Waals surface area contributed by atoms with Crippen molar-refractivity contribution in [2.45, 2.75) is 64.4 Å². The Morgan fingerprint density at radius 2 is 1.97 bits per heavy atom. The summed E-state index contributed by atoms with van der Waals surface area (Å²) < 4.78 is 4.72. The molecule has 1 aromatic carbocycles. The van der Waals surface area contributed by atoms with Crippen molar-refractivity contribution in [3.8, 4) is 0 Å². The third-order valence-electron chi connectivity index (χ3n) is 6.85. The molecule has 1 amide bonds. The van der Waals surface area contributed by atoms with Crippen molar-refractivity contribution < 1.29 is 19.4 Å². The van der Waals surface area contributed by atoms with Gasteiger partial charge in [0, 0.05) is 26.1 Å². The molecule has 1 unspecified atom stereocenters.